The number of hydrogen-bond donors (Lipinski definition) is 2. The Morgan fingerprint density at radius 3 is 1.93 bits per heavy atom. The highest BCUT2D eigenvalue weighted by Crippen LogP contribution is 2.20. The Bertz CT molecular complexity index is 953. The molecular formula is C22H19ClN2O3. The quantitative estimate of drug-likeness (QED) is 0.533. The van der Waals surface area contributed by atoms with Gasteiger partial charge in [-0.3, -0.25) is 9.59 Å². The third-order valence-electron chi connectivity index (χ3n) is 3.93. The van der Waals surface area contributed by atoms with Gasteiger partial charge in [0.05, 0.1) is 0 Å². The largest absolute Gasteiger partial charge is 0.484 e. The highest BCUT2D eigenvalue weighted by molar-refractivity contribution is 6.30. The minimum absolute atomic E-state index is 0.0340. The molecule has 0 fully saturated rings. The van der Waals surface area contributed by atoms with Gasteiger partial charge in [0.2, 0.25) is 0 Å². The van der Waals surface area contributed by atoms with Gasteiger partial charge < -0.3 is 15.4 Å². The molecule has 0 spiro atoms. The number of rotatable bonds is 7. The molecule has 2 N–H and O–H groups in total. The molecule has 3 rings (SSSR count). The third-order valence-corrected chi connectivity index (χ3v) is 4.18. The van der Waals surface area contributed by atoms with E-state index in [1.54, 1.807) is 48.5 Å². The molecule has 0 bridgehead atoms. The van der Waals surface area contributed by atoms with Crippen molar-refractivity contribution >= 4 is 40.4 Å². The molecule has 0 saturated carbocycles. The van der Waals surface area contributed by atoms with Crippen LogP contribution in [0.2, 0.25) is 5.02 Å². The van der Waals surface area contributed by atoms with Crippen molar-refractivity contribution in [2.24, 2.45) is 0 Å². The van der Waals surface area contributed by atoms with Crippen LogP contribution in [0, 0.1) is 0 Å². The molecule has 6 heteroatoms. The maximum Gasteiger partial charge on any atom is 0.262 e. The first-order chi connectivity index (χ1) is 13.5. The second-order valence-corrected chi connectivity index (χ2v) is 6.56. The van der Waals surface area contributed by atoms with Crippen LogP contribution in [0.3, 0.4) is 0 Å². The number of Topliss-reactive ketones (excluding diaryl/α,β-unsaturated/α-hetero) is 1. The predicted molar refractivity (Wildman–Crippen MR) is 112 cm³/mol. The highest BCUT2D eigenvalue weighted by atomic mass is 35.5. The summed E-state index contributed by atoms with van der Waals surface area (Å²) in [6.07, 6.45) is 0. The van der Waals surface area contributed by atoms with Gasteiger partial charge in [-0.15, -0.1) is 0 Å². The van der Waals surface area contributed by atoms with E-state index in [0.717, 1.165) is 11.4 Å². The van der Waals surface area contributed by atoms with E-state index in [-0.39, 0.29) is 18.3 Å². The number of ether oxygens (including phenoxy) is 1. The Morgan fingerprint density at radius 1 is 0.821 bits per heavy atom. The molecule has 0 aromatic heterocycles. The first kappa shape index (κ1) is 19.5. The number of carbonyl (C=O) groups excluding carboxylic acids is 2. The van der Waals surface area contributed by atoms with Crippen molar-refractivity contribution in [3.05, 3.63) is 83.4 Å². The van der Waals surface area contributed by atoms with Crippen LogP contribution in [0.1, 0.15) is 17.3 Å². The zero-order valence-corrected chi connectivity index (χ0v) is 16.0. The molecule has 0 saturated heterocycles. The summed E-state index contributed by atoms with van der Waals surface area (Å²) < 4.78 is 5.42. The van der Waals surface area contributed by atoms with E-state index < -0.39 is 0 Å². The van der Waals surface area contributed by atoms with Crippen molar-refractivity contribution in [1.82, 2.24) is 0 Å². The Morgan fingerprint density at radius 2 is 1.36 bits per heavy atom. The van der Waals surface area contributed by atoms with E-state index in [1.807, 2.05) is 24.3 Å². The standard InChI is InChI=1S/C22H19ClN2O3/c1-15(26)16-2-6-18(7-3-16)24-19-8-10-20(11-9-19)25-22(27)14-28-21-12-4-17(23)5-13-21/h2-13,24H,14H2,1H3,(H,25,27). The zero-order valence-electron chi connectivity index (χ0n) is 15.2. The fraction of sp³-hybridized carbons (Fsp3) is 0.0909. The summed E-state index contributed by atoms with van der Waals surface area (Å²) in [5.41, 5.74) is 3.08. The molecule has 1 amide bonds. The molecule has 5 nitrogen and oxygen atoms in total. The zero-order chi connectivity index (χ0) is 19.9. The van der Waals surface area contributed by atoms with E-state index in [2.05, 4.69) is 10.6 Å². The highest BCUT2D eigenvalue weighted by Gasteiger charge is 2.05. The summed E-state index contributed by atoms with van der Waals surface area (Å²) in [7, 11) is 0. The summed E-state index contributed by atoms with van der Waals surface area (Å²) in [4.78, 5) is 23.3. The van der Waals surface area contributed by atoms with Gasteiger partial charge in [-0.1, -0.05) is 11.6 Å². The number of carbonyl (C=O) groups is 2. The molecule has 0 aliphatic heterocycles. The molecule has 3 aromatic carbocycles. The monoisotopic (exact) mass is 394 g/mol. The van der Waals surface area contributed by atoms with E-state index in [1.165, 1.54) is 6.92 Å². The SMILES string of the molecule is CC(=O)c1ccc(Nc2ccc(NC(=O)COc3ccc(Cl)cc3)cc2)cc1. The van der Waals surface area contributed by atoms with Gasteiger partial charge in [-0.25, -0.2) is 0 Å². The Kier molecular flexibility index (Phi) is 6.29. The van der Waals surface area contributed by atoms with Crippen molar-refractivity contribution in [1.29, 1.82) is 0 Å². The van der Waals surface area contributed by atoms with Crippen molar-refractivity contribution in [2.45, 2.75) is 6.92 Å². The molecule has 0 aliphatic carbocycles. The van der Waals surface area contributed by atoms with Gasteiger partial charge in [0.25, 0.3) is 5.91 Å². The minimum Gasteiger partial charge on any atom is -0.484 e. The fourth-order valence-electron chi connectivity index (χ4n) is 2.47. The number of anilines is 3. The molecule has 0 aliphatic rings. The Labute approximate surface area is 168 Å². The van der Waals surface area contributed by atoms with Crippen molar-refractivity contribution in [2.75, 3.05) is 17.2 Å². The predicted octanol–water partition coefficient (Wildman–Crippen LogP) is 5.30. The maximum absolute atomic E-state index is 12.0. The van der Waals surface area contributed by atoms with E-state index in [4.69, 9.17) is 16.3 Å². The summed E-state index contributed by atoms with van der Waals surface area (Å²) in [6.45, 7) is 1.44. The van der Waals surface area contributed by atoms with Crippen LogP contribution in [0.4, 0.5) is 17.1 Å². The lowest BCUT2D eigenvalue weighted by molar-refractivity contribution is -0.118. The average Bonchev–Trinajstić information content (AvgIpc) is 2.69. The van der Waals surface area contributed by atoms with Crippen LogP contribution in [-0.2, 0) is 4.79 Å². The second kappa shape index (κ2) is 9.06. The molecule has 0 unspecified atom stereocenters. The summed E-state index contributed by atoms with van der Waals surface area (Å²) in [5.74, 6) is 0.358. The number of nitrogens with one attached hydrogen (secondary N) is 2. The lowest BCUT2D eigenvalue weighted by Gasteiger charge is -2.10. The van der Waals surface area contributed by atoms with Crippen LogP contribution in [0.25, 0.3) is 0 Å². The normalized spacial score (nSPS) is 10.2. The number of halogens is 1. The van der Waals surface area contributed by atoms with Crippen LogP contribution in [0.5, 0.6) is 5.75 Å². The van der Waals surface area contributed by atoms with Crippen molar-refractivity contribution in [3.63, 3.8) is 0 Å². The molecule has 0 heterocycles. The topological polar surface area (TPSA) is 67.4 Å². The lowest BCUT2D eigenvalue weighted by Crippen LogP contribution is -2.20. The average molecular weight is 395 g/mol. The van der Waals surface area contributed by atoms with Gasteiger partial charge in [-0.05, 0) is 79.7 Å². The smallest absolute Gasteiger partial charge is 0.262 e. The van der Waals surface area contributed by atoms with Crippen LogP contribution >= 0.6 is 11.6 Å². The maximum atomic E-state index is 12.0. The molecule has 0 atom stereocenters. The van der Waals surface area contributed by atoms with Crippen molar-refractivity contribution < 1.29 is 14.3 Å². The van der Waals surface area contributed by atoms with E-state index in [9.17, 15) is 9.59 Å². The minimum atomic E-state index is -0.254. The molecule has 28 heavy (non-hydrogen) atoms. The first-order valence-electron chi connectivity index (χ1n) is 8.66. The molecular weight excluding hydrogens is 376 g/mol. The lowest BCUT2D eigenvalue weighted by atomic mass is 10.1. The summed E-state index contributed by atoms with van der Waals surface area (Å²) in [6, 6.07) is 21.4. The molecule has 142 valence electrons. The van der Waals surface area contributed by atoms with Crippen LogP contribution in [-0.4, -0.2) is 18.3 Å². The van der Waals surface area contributed by atoms with Gasteiger partial charge in [-0.2, -0.15) is 0 Å². The van der Waals surface area contributed by atoms with Crippen LogP contribution < -0.4 is 15.4 Å². The first-order valence-corrected chi connectivity index (χ1v) is 9.04. The number of benzene rings is 3. The van der Waals surface area contributed by atoms with Crippen molar-refractivity contribution in [3.8, 4) is 5.75 Å². The van der Waals surface area contributed by atoms with Crippen LogP contribution in [0.15, 0.2) is 72.8 Å². The number of hydrogen-bond acceptors (Lipinski definition) is 4. The van der Waals surface area contributed by atoms with Gasteiger partial charge in [0.15, 0.2) is 12.4 Å². The summed E-state index contributed by atoms with van der Waals surface area (Å²) >= 11 is 5.81. The molecule has 0 radical (unpaired) electrons. The van der Waals surface area contributed by atoms with Gasteiger partial charge in [0, 0.05) is 27.6 Å². The van der Waals surface area contributed by atoms with E-state index >= 15 is 0 Å². The van der Waals surface area contributed by atoms with Gasteiger partial charge >= 0.3 is 0 Å². The third kappa shape index (κ3) is 5.59. The Balaban J connectivity index is 1.51. The molecule has 3 aromatic rings. The number of amides is 1. The van der Waals surface area contributed by atoms with E-state index in [0.29, 0.717) is 22.0 Å². The van der Waals surface area contributed by atoms with Gasteiger partial charge in [0.1, 0.15) is 5.75 Å². The summed E-state index contributed by atoms with van der Waals surface area (Å²) in [5, 5.41) is 6.63. The Hall–Kier alpha value is -3.31. The second-order valence-electron chi connectivity index (χ2n) is 6.13. The fourth-order valence-corrected chi connectivity index (χ4v) is 2.59. The number of ketones is 1.